The van der Waals surface area contributed by atoms with Gasteiger partial charge in [0.25, 0.3) is 0 Å². The van der Waals surface area contributed by atoms with Crippen LogP contribution in [0.1, 0.15) is 11.1 Å². The standard InChI is InChI=1S/C23H26N2O5PS/c1-32(27,28)22-14-20(24)13-21(23(22)25)19-9-5-8-18(12-19)15-29-10-11-31(26)30-16-17-6-3-2-4-7-17/h2-9,12-14H,10-11,15-16,24-25H2,1H3/q+1. The zero-order chi connectivity index (χ0) is 23.1. The van der Waals surface area contributed by atoms with Gasteiger partial charge in [0.15, 0.2) is 9.84 Å². The molecule has 0 aliphatic carbocycles. The van der Waals surface area contributed by atoms with Gasteiger partial charge in [-0.15, -0.1) is 4.52 Å². The molecule has 32 heavy (non-hydrogen) atoms. The van der Waals surface area contributed by atoms with Crippen molar-refractivity contribution in [2.75, 3.05) is 30.5 Å². The lowest BCUT2D eigenvalue weighted by molar-refractivity contribution is 0.133. The van der Waals surface area contributed by atoms with E-state index >= 15 is 0 Å². The van der Waals surface area contributed by atoms with Crippen LogP contribution in [0.5, 0.6) is 0 Å². The molecule has 0 radical (unpaired) electrons. The first-order valence-corrected chi connectivity index (χ1v) is 13.2. The molecule has 168 valence electrons. The summed E-state index contributed by atoms with van der Waals surface area (Å²) in [5.41, 5.74) is 15.6. The van der Waals surface area contributed by atoms with E-state index in [4.69, 9.17) is 20.7 Å². The summed E-state index contributed by atoms with van der Waals surface area (Å²) in [6, 6.07) is 20.0. The van der Waals surface area contributed by atoms with Crippen molar-refractivity contribution in [3.05, 3.63) is 77.9 Å². The fraction of sp³-hybridized carbons (Fsp3) is 0.217. The largest absolute Gasteiger partial charge is 0.510 e. The number of nitrogen functional groups attached to an aromatic ring is 2. The van der Waals surface area contributed by atoms with E-state index in [1.165, 1.54) is 6.07 Å². The summed E-state index contributed by atoms with van der Waals surface area (Å²) < 4.78 is 47.1. The van der Waals surface area contributed by atoms with Crippen molar-refractivity contribution >= 4 is 29.2 Å². The van der Waals surface area contributed by atoms with E-state index in [0.717, 1.165) is 22.9 Å². The monoisotopic (exact) mass is 473 g/mol. The van der Waals surface area contributed by atoms with Crippen molar-refractivity contribution in [3.63, 3.8) is 0 Å². The Balaban J connectivity index is 1.58. The smallest absolute Gasteiger partial charge is 0.399 e. The van der Waals surface area contributed by atoms with E-state index in [0.29, 0.717) is 30.6 Å². The Morgan fingerprint density at radius 2 is 1.62 bits per heavy atom. The Bertz CT molecular complexity index is 1200. The highest BCUT2D eigenvalue weighted by atomic mass is 32.2. The molecule has 1 atom stereocenters. The molecular weight excluding hydrogens is 447 g/mol. The molecule has 0 aliphatic rings. The highest BCUT2D eigenvalue weighted by Gasteiger charge is 2.18. The van der Waals surface area contributed by atoms with E-state index < -0.39 is 17.9 Å². The van der Waals surface area contributed by atoms with Crippen molar-refractivity contribution in [2.45, 2.75) is 18.1 Å². The lowest BCUT2D eigenvalue weighted by Crippen LogP contribution is -2.05. The number of sulfone groups is 1. The molecule has 1 unspecified atom stereocenters. The first-order chi connectivity index (χ1) is 15.2. The molecule has 0 aromatic heterocycles. The second-order valence-corrected chi connectivity index (χ2v) is 10.7. The van der Waals surface area contributed by atoms with Gasteiger partial charge in [-0.3, -0.25) is 0 Å². The number of hydrogen-bond acceptors (Lipinski definition) is 7. The predicted molar refractivity (Wildman–Crippen MR) is 127 cm³/mol. The maximum Gasteiger partial charge on any atom is 0.510 e. The van der Waals surface area contributed by atoms with Gasteiger partial charge in [-0.2, -0.15) is 0 Å². The Morgan fingerprint density at radius 1 is 0.906 bits per heavy atom. The molecular formula is C23H26N2O5PS+. The molecule has 0 bridgehead atoms. The predicted octanol–water partition coefficient (Wildman–Crippen LogP) is 4.40. The number of ether oxygens (including phenoxy) is 1. The maximum absolute atomic E-state index is 12.0. The third kappa shape index (κ3) is 6.61. The van der Waals surface area contributed by atoms with E-state index in [2.05, 4.69) is 0 Å². The van der Waals surface area contributed by atoms with Crippen molar-refractivity contribution in [3.8, 4) is 11.1 Å². The van der Waals surface area contributed by atoms with E-state index in [-0.39, 0.29) is 17.2 Å². The zero-order valence-electron chi connectivity index (χ0n) is 17.7. The first-order valence-electron chi connectivity index (χ1n) is 9.91. The Kier molecular flexibility index (Phi) is 7.99. The number of hydrogen-bond donors (Lipinski definition) is 2. The molecule has 0 heterocycles. The molecule has 7 nitrogen and oxygen atoms in total. The molecule has 0 amide bonds. The normalized spacial score (nSPS) is 12.0. The maximum atomic E-state index is 12.0. The van der Waals surface area contributed by atoms with Crippen LogP contribution in [0.15, 0.2) is 71.6 Å². The third-order valence-electron chi connectivity index (χ3n) is 4.71. The SMILES string of the molecule is CS(=O)(=O)c1cc(N)cc(-c2cccc(COCC[P+](=O)OCc3ccccc3)c2)c1N. The molecule has 0 spiro atoms. The molecule has 0 saturated carbocycles. The van der Waals surface area contributed by atoms with E-state index in [9.17, 15) is 13.0 Å². The molecule has 3 aromatic rings. The average Bonchev–Trinajstić information content (AvgIpc) is 2.77. The summed E-state index contributed by atoms with van der Waals surface area (Å²) in [6.07, 6.45) is 1.39. The average molecular weight is 474 g/mol. The fourth-order valence-electron chi connectivity index (χ4n) is 3.14. The molecule has 9 heteroatoms. The molecule has 3 aromatic carbocycles. The second-order valence-electron chi connectivity index (χ2n) is 7.32. The van der Waals surface area contributed by atoms with Crippen molar-refractivity contribution in [1.82, 2.24) is 0 Å². The Hall–Kier alpha value is -2.77. The Labute approximate surface area is 189 Å². The zero-order valence-corrected chi connectivity index (χ0v) is 19.4. The summed E-state index contributed by atoms with van der Waals surface area (Å²) >= 11 is 0. The van der Waals surface area contributed by atoms with Gasteiger partial charge in [0.2, 0.25) is 6.16 Å². The fourth-order valence-corrected chi connectivity index (χ4v) is 4.70. The van der Waals surface area contributed by atoms with Gasteiger partial charge < -0.3 is 16.2 Å². The lowest BCUT2D eigenvalue weighted by atomic mass is 10.0. The molecule has 0 saturated heterocycles. The number of rotatable bonds is 10. The minimum atomic E-state index is -3.51. The number of anilines is 2. The highest BCUT2D eigenvalue weighted by molar-refractivity contribution is 7.90. The van der Waals surface area contributed by atoms with Crippen LogP contribution in [0.2, 0.25) is 0 Å². The van der Waals surface area contributed by atoms with Crippen molar-refractivity contribution in [2.24, 2.45) is 0 Å². The van der Waals surface area contributed by atoms with Gasteiger partial charge in [0.1, 0.15) is 6.61 Å². The van der Waals surface area contributed by atoms with E-state index in [1.807, 2.05) is 54.6 Å². The van der Waals surface area contributed by atoms with Gasteiger partial charge >= 0.3 is 8.03 Å². The van der Waals surface area contributed by atoms with Gasteiger partial charge in [-0.05, 0) is 39.5 Å². The van der Waals surface area contributed by atoms with E-state index in [1.54, 1.807) is 6.07 Å². The number of benzene rings is 3. The summed E-state index contributed by atoms with van der Waals surface area (Å²) in [6.45, 7) is 0.888. The molecule has 0 aliphatic heterocycles. The van der Waals surface area contributed by atoms with Crippen LogP contribution in [-0.4, -0.2) is 27.4 Å². The van der Waals surface area contributed by atoms with Crippen LogP contribution in [-0.2, 0) is 36.9 Å². The van der Waals surface area contributed by atoms with Gasteiger partial charge in [0, 0.05) is 17.5 Å². The van der Waals surface area contributed by atoms with Crippen LogP contribution in [0.25, 0.3) is 11.1 Å². The Morgan fingerprint density at radius 3 is 2.34 bits per heavy atom. The topological polar surface area (TPSA) is 122 Å². The minimum Gasteiger partial charge on any atom is -0.399 e. The van der Waals surface area contributed by atoms with Crippen LogP contribution in [0.3, 0.4) is 0 Å². The van der Waals surface area contributed by atoms with Crippen molar-refractivity contribution < 1.29 is 22.2 Å². The third-order valence-corrected chi connectivity index (χ3v) is 6.81. The summed E-state index contributed by atoms with van der Waals surface area (Å²) in [4.78, 5) is 0.00783. The summed E-state index contributed by atoms with van der Waals surface area (Å²) in [7, 11) is -5.33. The van der Waals surface area contributed by atoms with Crippen LogP contribution >= 0.6 is 8.03 Å². The first kappa shape index (κ1) is 23.9. The molecule has 0 fully saturated rings. The second kappa shape index (κ2) is 10.7. The summed E-state index contributed by atoms with van der Waals surface area (Å²) in [5.74, 6) is 0. The van der Waals surface area contributed by atoms with Crippen LogP contribution in [0.4, 0.5) is 11.4 Å². The quantitative estimate of drug-likeness (QED) is 0.254. The number of nitrogens with two attached hydrogens (primary N) is 2. The highest BCUT2D eigenvalue weighted by Crippen LogP contribution is 2.34. The van der Waals surface area contributed by atoms with Gasteiger partial charge in [-0.1, -0.05) is 48.5 Å². The van der Waals surface area contributed by atoms with Gasteiger partial charge in [-0.25, -0.2) is 8.42 Å². The summed E-state index contributed by atoms with van der Waals surface area (Å²) in [5, 5.41) is 0. The van der Waals surface area contributed by atoms with Crippen molar-refractivity contribution in [1.29, 1.82) is 0 Å². The van der Waals surface area contributed by atoms with Crippen LogP contribution < -0.4 is 11.5 Å². The molecule has 3 rings (SSSR count). The molecule has 4 N–H and O–H groups in total. The lowest BCUT2D eigenvalue weighted by Gasteiger charge is -2.13. The minimum absolute atomic E-state index is 0.00783. The van der Waals surface area contributed by atoms with Crippen LogP contribution in [0, 0.1) is 0 Å². The van der Waals surface area contributed by atoms with Gasteiger partial charge in [0.05, 0.1) is 23.8 Å².